The first-order valence-corrected chi connectivity index (χ1v) is 13.9. The number of likely N-dealkylation sites (tertiary alicyclic amines) is 2. The highest BCUT2D eigenvalue weighted by molar-refractivity contribution is 9.10. The summed E-state index contributed by atoms with van der Waals surface area (Å²) in [5.41, 5.74) is 1.43. The average molecular weight is 564 g/mol. The van der Waals surface area contributed by atoms with Crippen molar-refractivity contribution in [2.24, 2.45) is 5.41 Å². The van der Waals surface area contributed by atoms with Crippen molar-refractivity contribution >= 4 is 21.8 Å². The van der Waals surface area contributed by atoms with E-state index in [4.69, 9.17) is 4.74 Å². The summed E-state index contributed by atoms with van der Waals surface area (Å²) in [6.45, 7) is 4.00. The summed E-state index contributed by atoms with van der Waals surface area (Å²) in [6.07, 6.45) is 3.24. The van der Waals surface area contributed by atoms with Crippen LogP contribution in [0, 0.1) is 5.41 Å². The number of hydrogen-bond acceptors (Lipinski definition) is 4. The number of carbonyl (C=O) groups is 1. The predicted octanol–water partition coefficient (Wildman–Crippen LogP) is 5.60. The molecule has 2 aliphatic heterocycles. The highest BCUT2D eigenvalue weighted by atomic mass is 79.9. The third-order valence-electron chi connectivity index (χ3n) is 8.29. The topological polar surface area (TPSA) is 53.0 Å². The zero-order valence-corrected chi connectivity index (χ0v) is 23.0. The summed E-state index contributed by atoms with van der Waals surface area (Å²) < 4.78 is 6.67. The zero-order chi connectivity index (χ0) is 25.9. The number of piperidine rings is 1. The number of hydrogen-bond donors (Lipinski definition) is 1. The minimum Gasteiger partial charge on any atom is -0.496 e. The van der Waals surface area contributed by atoms with Crippen LogP contribution in [-0.4, -0.2) is 54.1 Å². The van der Waals surface area contributed by atoms with E-state index in [1.54, 1.807) is 7.11 Å². The number of rotatable bonds is 8. The Hall–Kier alpha value is -2.67. The van der Waals surface area contributed by atoms with Gasteiger partial charge in [0.1, 0.15) is 11.4 Å². The predicted molar refractivity (Wildman–Crippen MR) is 149 cm³/mol. The number of aliphatic hydroxyl groups is 1. The van der Waals surface area contributed by atoms with Crippen molar-refractivity contribution in [3.63, 3.8) is 0 Å². The fraction of sp³-hybridized carbons (Fsp3) is 0.387. The molecular formula is C31H35BrN2O3. The molecule has 5 nitrogen and oxygen atoms in total. The number of carbonyl (C=O) groups excluding carboxylic acids is 1. The van der Waals surface area contributed by atoms with Gasteiger partial charge in [0.25, 0.3) is 0 Å². The Labute approximate surface area is 228 Å². The van der Waals surface area contributed by atoms with Crippen molar-refractivity contribution in [3.8, 4) is 5.75 Å². The lowest BCUT2D eigenvalue weighted by atomic mass is 9.76. The van der Waals surface area contributed by atoms with Crippen molar-refractivity contribution in [1.29, 1.82) is 0 Å². The van der Waals surface area contributed by atoms with Crippen LogP contribution in [0.1, 0.15) is 42.4 Å². The van der Waals surface area contributed by atoms with Gasteiger partial charge < -0.3 is 19.6 Å². The van der Waals surface area contributed by atoms with Crippen LogP contribution in [-0.2, 0) is 16.9 Å². The lowest BCUT2D eigenvalue weighted by molar-refractivity contribution is -0.139. The molecular weight excluding hydrogens is 528 g/mol. The second-order valence-corrected chi connectivity index (χ2v) is 11.3. The second kappa shape index (κ2) is 11.0. The minimum atomic E-state index is -1.16. The Balaban J connectivity index is 1.24. The Bertz CT molecular complexity index is 1210. The van der Waals surface area contributed by atoms with E-state index in [0.717, 1.165) is 61.0 Å². The molecule has 1 unspecified atom stereocenters. The summed E-state index contributed by atoms with van der Waals surface area (Å²) in [5.74, 6) is 0.999. The standard InChI is InChI=1S/C31H35BrN2O3/c1-37-28-10-6-5-9-27(28)31(36,25-7-3-2-4-8-25)18-21-33-19-15-30(16-20-33)17-22-34(29(30)35)23-24-11-13-26(32)14-12-24/h2-14,36H,15-23H2,1H3. The summed E-state index contributed by atoms with van der Waals surface area (Å²) in [4.78, 5) is 17.9. The number of halogens is 1. The van der Waals surface area contributed by atoms with Gasteiger partial charge in [-0.15, -0.1) is 0 Å². The van der Waals surface area contributed by atoms with Crippen molar-refractivity contribution in [3.05, 3.63) is 100 Å². The molecule has 2 fully saturated rings. The van der Waals surface area contributed by atoms with Gasteiger partial charge in [0.15, 0.2) is 0 Å². The molecule has 2 saturated heterocycles. The summed E-state index contributed by atoms with van der Waals surface area (Å²) >= 11 is 3.48. The van der Waals surface area contributed by atoms with E-state index in [0.29, 0.717) is 24.6 Å². The van der Waals surface area contributed by atoms with Gasteiger partial charge in [0.05, 0.1) is 12.5 Å². The molecule has 37 heavy (non-hydrogen) atoms. The van der Waals surface area contributed by atoms with E-state index >= 15 is 0 Å². The molecule has 0 aromatic heterocycles. The third-order valence-corrected chi connectivity index (χ3v) is 8.82. The van der Waals surface area contributed by atoms with Gasteiger partial charge in [-0.25, -0.2) is 0 Å². The van der Waals surface area contributed by atoms with Gasteiger partial charge in [-0.3, -0.25) is 4.79 Å². The third kappa shape index (κ3) is 5.33. The smallest absolute Gasteiger partial charge is 0.229 e. The summed E-state index contributed by atoms with van der Waals surface area (Å²) in [6, 6.07) is 25.8. The number of para-hydroxylation sites is 1. The van der Waals surface area contributed by atoms with E-state index in [1.807, 2.05) is 71.6 Å². The van der Waals surface area contributed by atoms with Crippen molar-refractivity contribution in [1.82, 2.24) is 9.80 Å². The average Bonchev–Trinajstić information content (AvgIpc) is 3.24. The van der Waals surface area contributed by atoms with Gasteiger partial charge in [-0.05, 0) is 68.1 Å². The molecule has 1 spiro atoms. The van der Waals surface area contributed by atoms with E-state index in [1.165, 1.54) is 5.56 Å². The van der Waals surface area contributed by atoms with E-state index in [9.17, 15) is 9.90 Å². The number of benzene rings is 3. The van der Waals surface area contributed by atoms with Crippen molar-refractivity contribution in [2.75, 3.05) is 33.3 Å². The van der Waals surface area contributed by atoms with Gasteiger partial charge in [0.2, 0.25) is 5.91 Å². The summed E-state index contributed by atoms with van der Waals surface area (Å²) in [5, 5.41) is 12.1. The van der Waals surface area contributed by atoms with Gasteiger partial charge in [-0.2, -0.15) is 0 Å². The highest BCUT2D eigenvalue weighted by Gasteiger charge is 2.48. The first-order chi connectivity index (χ1) is 17.9. The maximum atomic E-state index is 13.5. The van der Waals surface area contributed by atoms with E-state index in [2.05, 4.69) is 33.0 Å². The molecule has 0 radical (unpaired) electrons. The van der Waals surface area contributed by atoms with Crippen LogP contribution in [0.4, 0.5) is 0 Å². The molecule has 0 aliphatic carbocycles. The van der Waals surface area contributed by atoms with Crippen LogP contribution in [0.15, 0.2) is 83.3 Å². The molecule has 3 aromatic rings. The first kappa shape index (κ1) is 26.0. The molecule has 2 heterocycles. The molecule has 194 valence electrons. The SMILES string of the molecule is COc1ccccc1C(O)(CCN1CCC2(CC1)CCN(Cc1ccc(Br)cc1)C2=O)c1ccccc1. The molecule has 1 N–H and O–H groups in total. The second-order valence-electron chi connectivity index (χ2n) is 10.4. The minimum absolute atomic E-state index is 0.232. The van der Waals surface area contributed by atoms with Gasteiger partial charge in [0, 0.05) is 29.7 Å². The quantitative estimate of drug-likeness (QED) is 0.388. The maximum absolute atomic E-state index is 13.5. The Morgan fingerprint density at radius 1 is 0.919 bits per heavy atom. The van der Waals surface area contributed by atoms with Crippen LogP contribution in [0.2, 0.25) is 0 Å². The fourth-order valence-corrected chi connectivity index (χ4v) is 6.24. The Morgan fingerprint density at radius 2 is 1.57 bits per heavy atom. The normalized spacial score (nSPS) is 19.2. The highest BCUT2D eigenvalue weighted by Crippen LogP contribution is 2.43. The first-order valence-electron chi connectivity index (χ1n) is 13.1. The molecule has 1 amide bonds. The molecule has 2 aliphatic rings. The van der Waals surface area contributed by atoms with Crippen LogP contribution in [0.5, 0.6) is 5.75 Å². The number of amides is 1. The molecule has 5 rings (SSSR count). The van der Waals surface area contributed by atoms with Crippen LogP contribution >= 0.6 is 15.9 Å². The maximum Gasteiger partial charge on any atom is 0.229 e. The van der Waals surface area contributed by atoms with Crippen LogP contribution < -0.4 is 4.74 Å². The fourth-order valence-electron chi connectivity index (χ4n) is 5.98. The van der Waals surface area contributed by atoms with Crippen molar-refractivity contribution < 1.29 is 14.6 Å². The van der Waals surface area contributed by atoms with E-state index in [-0.39, 0.29) is 5.41 Å². The lowest BCUT2D eigenvalue weighted by Gasteiger charge is -2.39. The van der Waals surface area contributed by atoms with Gasteiger partial charge >= 0.3 is 0 Å². The van der Waals surface area contributed by atoms with E-state index < -0.39 is 5.60 Å². The van der Waals surface area contributed by atoms with Crippen LogP contribution in [0.3, 0.4) is 0 Å². The molecule has 0 saturated carbocycles. The Kier molecular flexibility index (Phi) is 7.70. The largest absolute Gasteiger partial charge is 0.496 e. The molecule has 0 bridgehead atoms. The number of methoxy groups -OCH3 is 1. The van der Waals surface area contributed by atoms with Crippen LogP contribution in [0.25, 0.3) is 0 Å². The molecule has 3 aromatic carbocycles. The molecule has 1 atom stereocenters. The molecule has 6 heteroatoms. The van der Waals surface area contributed by atoms with Crippen molar-refractivity contribution in [2.45, 2.75) is 37.8 Å². The Morgan fingerprint density at radius 3 is 2.27 bits per heavy atom. The zero-order valence-electron chi connectivity index (χ0n) is 21.4. The number of ether oxygens (including phenoxy) is 1. The lowest BCUT2D eigenvalue weighted by Crippen LogP contribution is -2.45. The monoisotopic (exact) mass is 562 g/mol. The van der Waals surface area contributed by atoms with Gasteiger partial charge in [-0.1, -0.05) is 76.6 Å². The number of nitrogens with zero attached hydrogens (tertiary/aromatic N) is 2. The summed E-state index contributed by atoms with van der Waals surface area (Å²) in [7, 11) is 1.65.